The van der Waals surface area contributed by atoms with Crippen LogP contribution in [0.15, 0.2) is 36.5 Å². The van der Waals surface area contributed by atoms with Gasteiger partial charge < -0.3 is 14.6 Å². The minimum Gasteiger partial charge on any atom is -0.389 e. The number of rotatable bonds is 0. The first-order valence-electron chi connectivity index (χ1n) is 9.52. The Labute approximate surface area is 144 Å². The average Bonchev–Trinajstić information content (AvgIpc) is 3.15. The Hall–Kier alpha value is -0.900. The van der Waals surface area contributed by atoms with Gasteiger partial charge in [0.05, 0.1) is 19.3 Å². The molecule has 3 nitrogen and oxygen atoms in total. The van der Waals surface area contributed by atoms with Crippen molar-refractivity contribution in [2.24, 2.45) is 34.5 Å². The third-order valence-electron chi connectivity index (χ3n) is 7.96. The Balaban J connectivity index is 1.53. The molecule has 1 spiro atoms. The van der Waals surface area contributed by atoms with Crippen LogP contribution in [0.2, 0.25) is 0 Å². The van der Waals surface area contributed by atoms with Crippen LogP contribution in [0.5, 0.6) is 0 Å². The Morgan fingerprint density at radius 2 is 1.79 bits per heavy atom. The van der Waals surface area contributed by atoms with Gasteiger partial charge in [-0.3, -0.25) is 0 Å². The largest absolute Gasteiger partial charge is 0.389 e. The second kappa shape index (κ2) is 4.84. The molecule has 1 saturated carbocycles. The Morgan fingerprint density at radius 1 is 1.00 bits per heavy atom. The number of fused-ring (bicyclic) bond motifs is 6. The topological polar surface area (TPSA) is 38.7 Å². The number of aliphatic hydroxyl groups excluding tert-OH is 1. The highest BCUT2D eigenvalue weighted by molar-refractivity contribution is 5.30. The quantitative estimate of drug-likeness (QED) is 0.692. The highest BCUT2D eigenvalue weighted by Crippen LogP contribution is 2.65. The van der Waals surface area contributed by atoms with Crippen LogP contribution >= 0.6 is 0 Å². The molecule has 5 unspecified atom stereocenters. The maximum atomic E-state index is 10.0. The molecule has 1 heterocycles. The molecule has 0 aromatic heterocycles. The summed E-state index contributed by atoms with van der Waals surface area (Å²) in [5.41, 5.74) is 0.205. The SMILES string of the molecule is C[C@]12C=CC(O)CC1C=CC1C2CC[C@@]2(C)C1C=CC21OCCO1. The molecule has 24 heavy (non-hydrogen) atoms. The van der Waals surface area contributed by atoms with Crippen LogP contribution in [-0.2, 0) is 9.47 Å². The van der Waals surface area contributed by atoms with Gasteiger partial charge in [-0.2, -0.15) is 0 Å². The maximum Gasteiger partial charge on any atom is 0.194 e. The standard InChI is InChI=1S/C21H28O3/c1-19-8-5-15(22)13-14(19)3-4-16-17(19)6-9-20(2)18(16)7-10-21(20)23-11-12-24-21/h3-5,7-8,10,14-18,22H,6,9,11-13H2,1-2H3/t14?,15?,16?,17?,18?,19-,20-/m0/s1. The molecule has 7 atom stereocenters. The van der Waals surface area contributed by atoms with Crippen molar-refractivity contribution in [3.8, 4) is 0 Å². The van der Waals surface area contributed by atoms with Crippen molar-refractivity contribution in [2.75, 3.05) is 13.2 Å². The van der Waals surface area contributed by atoms with Crippen molar-refractivity contribution >= 4 is 0 Å². The minimum absolute atomic E-state index is 0.0378. The van der Waals surface area contributed by atoms with Crippen LogP contribution in [0, 0.1) is 34.5 Å². The molecule has 3 heteroatoms. The van der Waals surface area contributed by atoms with Gasteiger partial charge in [0.2, 0.25) is 0 Å². The van der Waals surface area contributed by atoms with E-state index in [0.29, 0.717) is 36.9 Å². The van der Waals surface area contributed by atoms with E-state index < -0.39 is 5.79 Å². The monoisotopic (exact) mass is 328 g/mol. The molecule has 4 aliphatic carbocycles. The predicted molar refractivity (Wildman–Crippen MR) is 92.1 cm³/mol. The van der Waals surface area contributed by atoms with Crippen LogP contribution < -0.4 is 0 Å². The van der Waals surface area contributed by atoms with Gasteiger partial charge >= 0.3 is 0 Å². The van der Waals surface area contributed by atoms with Crippen molar-refractivity contribution < 1.29 is 14.6 Å². The van der Waals surface area contributed by atoms with E-state index in [-0.39, 0.29) is 16.9 Å². The van der Waals surface area contributed by atoms with Gasteiger partial charge in [-0.25, -0.2) is 0 Å². The molecule has 0 bridgehead atoms. The number of aliphatic hydroxyl groups is 1. The van der Waals surface area contributed by atoms with Crippen LogP contribution in [0.3, 0.4) is 0 Å². The zero-order valence-electron chi connectivity index (χ0n) is 14.7. The lowest BCUT2D eigenvalue weighted by Gasteiger charge is -2.57. The fourth-order valence-electron chi connectivity index (χ4n) is 6.47. The normalized spacial score (nSPS) is 53.9. The summed E-state index contributed by atoms with van der Waals surface area (Å²) >= 11 is 0. The van der Waals surface area contributed by atoms with E-state index in [2.05, 4.69) is 44.2 Å². The number of hydrogen-bond donors (Lipinski definition) is 1. The summed E-state index contributed by atoms with van der Waals surface area (Å²) < 4.78 is 12.2. The van der Waals surface area contributed by atoms with E-state index in [1.807, 2.05) is 6.08 Å². The van der Waals surface area contributed by atoms with Gasteiger partial charge in [0.15, 0.2) is 5.79 Å². The molecule has 130 valence electrons. The maximum absolute atomic E-state index is 10.0. The summed E-state index contributed by atoms with van der Waals surface area (Å²) in [5, 5.41) is 10.0. The molecule has 1 saturated heterocycles. The molecule has 0 aromatic rings. The van der Waals surface area contributed by atoms with Crippen molar-refractivity contribution in [1.82, 2.24) is 0 Å². The molecule has 5 aliphatic rings. The van der Waals surface area contributed by atoms with E-state index in [1.165, 1.54) is 6.42 Å². The second-order valence-electron chi connectivity index (χ2n) is 8.91. The van der Waals surface area contributed by atoms with Gasteiger partial charge in [-0.05, 0) is 54.4 Å². The number of ether oxygens (including phenoxy) is 2. The van der Waals surface area contributed by atoms with Gasteiger partial charge in [-0.1, -0.05) is 44.2 Å². The summed E-state index contributed by atoms with van der Waals surface area (Å²) in [6, 6.07) is 0. The lowest BCUT2D eigenvalue weighted by atomic mass is 9.48. The molecular weight excluding hydrogens is 300 g/mol. The van der Waals surface area contributed by atoms with E-state index >= 15 is 0 Å². The van der Waals surface area contributed by atoms with Crippen molar-refractivity contribution in [3.63, 3.8) is 0 Å². The number of hydrogen-bond acceptors (Lipinski definition) is 3. The van der Waals surface area contributed by atoms with E-state index in [9.17, 15) is 5.11 Å². The lowest BCUT2D eigenvalue weighted by Crippen LogP contribution is -2.55. The summed E-state index contributed by atoms with van der Waals surface area (Å²) in [5.74, 6) is 1.61. The van der Waals surface area contributed by atoms with Crippen molar-refractivity contribution in [1.29, 1.82) is 0 Å². The Bertz CT molecular complexity index is 629. The summed E-state index contributed by atoms with van der Waals surface area (Å²) in [6.45, 7) is 6.18. The van der Waals surface area contributed by atoms with Gasteiger partial charge in [0.25, 0.3) is 0 Å². The molecule has 5 rings (SSSR count). The predicted octanol–water partition coefficient (Wildman–Crippen LogP) is 3.46. The van der Waals surface area contributed by atoms with E-state index in [4.69, 9.17) is 9.47 Å². The highest BCUT2D eigenvalue weighted by Gasteiger charge is 2.64. The first-order chi connectivity index (χ1) is 11.5. The van der Waals surface area contributed by atoms with Crippen LogP contribution in [0.25, 0.3) is 0 Å². The number of allylic oxidation sites excluding steroid dienone is 4. The average molecular weight is 328 g/mol. The van der Waals surface area contributed by atoms with Crippen LogP contribution in [0.4, 0.5) is 0 Å². The van der Waals surface area contributed by atoms with Gasteiger partial charge in [-0.15, -0.1) is 0 Å². The van der Waals surface area contributed by atoms with Crippen LogP contribution in [0.1, 0.15) is 33.1 Å². The highest BCUT2D eigenvalue weighted by atomic mass is 16.7. The third-order valence-corrected chi connectivity index (χ3v) is 7.96. The van der Waals surface area contributed by atoms with Gasteiger partial charge in [0, 0.05) is 5.41 Å². The second-order valence-corrected chi connectivity index (χ2v) is 8.91. The minimum atomic E-state index is -0.493. The summed E-state index contributed by atoms with van der Waals surface area (Å²) in [6.07, 6.45) is 16.7. The summed E-state index contributed by atoms with van der Waals surface area (Å²) in [4.78, 5) is 0. The first kappa shape index (κ1) is 15.4. The first-order valence-corrected chi connectivity index (χ1v) is 9.52. The summed E-state index contributed by atoms with van der Waals surface area (Å²) in [7, 11) is 0. The van der Waals surface area contributed by atoms with Gasteiger partial charge in [0.1, 0.15) is 0 Å². The van der Waals surface area contributed by atoms with E-state index in [1.54, 1.807) is 0 Å². The van der Waals surface area contributed by atoms with Crippen molar-refractivity contribution in [3.05, 3.63) is 36.5 Å². The lowest BCUT2D eigenvalue weighted by molar-refractivity contribution is -0.219. The molecule has 2 fully saturated rings. The fraction of sp³-hybridized carbons (Fsp3) is 0.714. The molecule has 1 aliphatic heterocycles. The Kier molecular flexibility index (Phi) is 3.10. The smallest absolute Gasteiger partial charge is 0.194 e. The molecule has 1 N–H and O–H groups in total. The Morgan fingerprint density at radius 3 is 2.58 bits per heavy atom. The molecule has 0 radical (unpaired) electrons. The molecule has 0 aromatic carbocycles. The zero-order valence-corrected chi connectivity index (χ0v) is 14.7. The van der Waals surface area contributed by atoms with E-state index in [0.717, 1.165) is 12.8 Å². The van der Waals surface area contributed by atoms with Crippen LogP contribution in [-0.4, -0.2) is 30.2 Å². The van der Waals surface area contributed by atoms with Crippen molar-refractivity contribution in [2.45, 2.75) is 45.0 Å². The fourth-order valence-corrected chi connectivity index (χ4v) is 6.47. The molecular formula is C21H28O3. The molecule has 0 amide bonds. The third kappa shape index (κ3) is 1.73. The zero-order chi connectivity index (χ0) is 16.6.